The van der Waals surface area contributed by atoms with Crippen molar-refractivity contribution in [3.8, 4) is 0 Å². The Morgan fingerprint density at radius 3 is 2.82 bits per heavy atom. The van der Waals surface area contributed by atoms with E-state index in [4.69, 9.17) is 11.6 Å². The third-order valence-electron chi connectivity index (χ3n) is 1.71. The van der Waals surface area contributed by atoms with Crippen LogP contribution in [0.2, 0.25) is 5.15 Å². The summed E-state index contributed by atoms with van der Waals surface area (Å²) in [5.74, 6) is -0.397. The van der Waals surface area contributed by atoms with E-state index < -0.39 is 5.82 Å². The molecule has 0 saturated carbocycles. The first kappa shape index (κ1) is 8.47. The molecule has 0 spiro atoms. The van der Waals surface area contributed by atoms with Gasteiger partial charge in [0.1, 0.15) is 0 Å². The van der Waals surface area contributed by atoms with E-state index in [0.717, 1.165) is 12.0 Å². The zero-order valence-corrected chi connectivity index (χ0v) is 7.24. The highest BCUT2D eigenvalue weighted by molar-refractivity contribution is 6.29. The minimum atomic E-state index is -0.397. The molecule has 1 heterocycles. The summed E-state index contributed by atoms with van der Waals surface area (Å²) in [7, 11) is 0. The lowest BCUT2D eigenvalue weighted by Crippen LogP contribution is -1.94. The van der Waals surface area contributed by atoms with Crippen LogP contribution in [0.5, 0.6) is 0 Å². The predicted molar refractivity (Wildman–Crippen MR) is 43.3 cm³/mol. The molecule has 0 atom stereocenters. The summed E-state index contributed by atoms with van der Waals surface area (Å²) in [6, 6.07) is 0. The quantitative estimate of drug-likeness (QED) is 0.596. The molecular weight excluding hydrogens is 165 g/mol. The van der Waals surface area contributed by atoms with Gasteiger partial charge >= 0.3 is 0 Å². The van der Waals surface area contributed by atoms with E-state index in [0.29, 0.717) is 5.56 Å². The molecule has 11 heavy (non-hydrogen) atoms. The third-order valence-corrected chi connectivity index (χ3v) is 1.97. The van der Waals surface area contributed by atoms with Crippen LogP contribution in [0.1, 0.15) is 18.1 Å². The number of aromatic nitrogens is 1. The average Bonchev–Trinajstić information content (AvgIpc) is 2.01. The Hall–Kier alpha value is -0.630. The predicted octanol–water partition coefficient (Wildman–Crippen LogP) is 2.74. The van der Waals surface area contributed by atoms with Gasteiger partial charge in [-0.15, -0.1) is 0 Å². The van der Waals surface area contributed by atoms with Crippen LogP contribution in [0.15, 0.2) is 6.20 Å². The molecular formula is C8H9ClFN. The van der Waals surface area contributed by atoms with Crippen molar-refractivity contribution in [2.24, 2.45) is 0 Å². The average molecular weight is 174 g/mol. The van der Waals surface area contributed by atoms with E-state index in [2.05, 4.69) is 4.98 Å². The minimum Gasteiger partial charge on any atom is -0.241 e. The highest BCUT2D eigenvalue weighted by atomic mass is 35.5. The molecule has 0 aliphatic heterocycles. The van der Waals surface area contributed by atoms with Crippen LogP contribution in [-0.4, -0.2) is 4.98 Å². The summed E-state index contributed by atoms with van der Waals surface area (Å²) >= 11 is 5.46. The SMILES string of the molecule is CCc1cnc(Cl)c(F)c1C. The van der Waals surface area contributed by atoms with Gasteiger partial charge in [-0.2, -0.15) is 0 Å². The number of halogens is 2. The largest absolute Gasteiger partial charge is 0.241 e. The Balaban J connectivity index is 3.25. The number of nitrogens with zero attached hydrogens (tertiary/aromatic N) is 1. The number of aryl methyl sites for hydroxylation is 1. The second kappa shape index (κ2) is 3.18. The van der Waals surface area contributed by atoms with Gasteiger partial charge in [0.25, 0.3) is 0 Å². The summed E-state index contributed by atoms with van der Waals surface area (Å²) in [6.07, 6.45) is 2.40. The standard InChI is InChI=1S/C8H9ClFN/c1-3-6-4-11-8(9)7(10)5(6)2/h4H,3H2,1-2H3. The monoisotopic (exact) mass is 173 g/mol. The summed E-state index contributed by atoms with van der Waals surface area (Å²) < 4.78 is 13.0. The summed E-state index contributed by atoms with van der Waals surface area (Å²) in [4.78, 5) is 3.70. The fourth-order valence-corrected chi connectivity index (χ4v) is 1.13. The Morgan fingerprint density at radius 1 is 1.64 bits per heavy atom. The molecule has 0 aliphatic carbocycles. The van der Waals surface area contributed by atoms with E-state index in [1.165, 1.54) is 0 Å². The van der Waals surface area contributed by atoms with Crippen molar-refractivity contribution in [3.05, 3.63) is 28.3 Å². The van der Waals surface area contributed by atoms with Crippen LogP contribution in [0, 0.1) is 12.7 Å². The van der Waals surface area contributed by atoms with E-state index >= 15 is 0 Å². The van der Waals surface area contributed by atoms with Crippen LogP contribution in [0.25, 0.3) is 0 Å². The molecule has 1 nitrogen and oxygen atoms in total. The fourth-order valence-electron chi connectivity index (χ4n) is 0.940. The van der Waals surface area contributed by atoms with Gasteiger partial charge in [-0.3, -0.25) is 0 Å². The lowest BCUT2D eigenvalue weighted by atomic mass is 10.1. The van der Waals surface area contributed by atoms with Crippen molar-refractivity contribution in [1.82, 2.24) is 4.98 Å². The van der Waals surface area contributed by atoms with Crippen molar-refractivity contribution in [1.29, 1.82) is 0 Å². The second-order valence-electron chi connectivity index (χ2n) is 2.37. The number of rotatable bonds is 1. The first-order valence-electron chi connectivity index (χ1n) is 3.46. The van der Waals surface area contributed by atoms with Crippen molar-refractivity contribution in [2.45, 2.75) is 20.3 Å². The van der Waals surface area contributed by atoms with E-state index in [-0.39, 0.29) is 5.15 Å². The Labute approximate surface area is 70.2 Å². The van der Waals surface area contributed by atoms with Crippen LogP contribution in [0.4, 0.5) is 4.39 Å². The summed E-state index contributed by atoms with van der Waals surface area (Å²) in [6.45, 7) is 3.67. The molecule has 0 bridgehead atoms. The van der Waals surface area contributed by atoms with Crippen LogP contribution >= 0.6 is 11.6 Å². The van der Waals surface area contributed by atoms with Gasteiger partial charge in [-0.25, -0.2) is 9.37 Å². The van der Waals surface area contributed by atoms with Gasteiger partial charge in [-0.05, 0) is 24.5 Å². The lowest BCUT2D eigenvalue weighted by Gasteiger charge is -2.03. The highest BCUT2D eigenvalue weighted by Crippen LogP contribution is 2.18. The van der Waals surface area contributed by atoms with Crippen LogP contribution in [0.3, 0.4) is 0 Å². The molecule has 60 valence electrons. The molecule has 0 aliphatic rings. The van der Waals surface area contributed by atoms with Crippen molar-refractivity contribution in [2.75, 3.05) is 0 Å². The zero-order valence-electron chi connectivity index (χ0n) is 6.49. The molecule has 1 rings (SSSR count). The molecule has 3 heteroatoms. The maximum Gasteiger partial charge on any atom is 0.164 e. The maximum atomic E-state index is 13.0. The third kappa shape index (κ3) is 1.51. The van der Waals surface area contributed by atoms with Gasteiger partial charge < -0.3 is 0 Å². The van der Waals surface area contributed by atoms with Gasteiger partial charge in [0, 0.05) is 6.20 Å². The van der Waals surface area contributed by atoms with E-state index in [1.54, 1.807) is 13.1 Å². The molecule has 0 saturated heterocycles. The van der Waals surface area contributed by atoms with E-state index in [1.807, 2.05) is 6.92 Å². The first-order valence-corrected chi connectivity index (χ1v) is 3.84. The molecule has 0 amide bonds. The molecule has 0 aromatic carbocycles. The normalized spacial score (nSPS) is 10.2. The van der Waals surface area contributed by atoms with Crippen LogP contribution in [-0.2, 0) is 6.42 Å². The Morgan fingerprint density at radius 2 is 2.27 bits per heavy atom. The van der Waals surface area contributed by atoms with Gasteiger partial charge in [0.05, 0.1) is 0 Å². The summed E-state index contributed by atoms with van der Waals surface area (Å²) in [5, 5.41) is -0.0419. The topological polar surface area (TPSA) is 12.9 Å². The minimum absolute atomic E-state index is 0.0419. The smallest absolute Gasteiger partial charge is 0.164 e. The molecule has 0 fully saturated rings. The molecule has 0 N–H and O–H groups in total. The second-order valence-corrected chi connectivity index (χ2v) is 2.72. The maximum absolute atomic E-state index is 13.0. The summed E-state index contributed by atoms with van der Waals surface area (Å²) in [5.41, 5.74) is 1.51. The van der Waals surface area contributed by atoms with Gasteiger partial charge in [0.15, 0.2) is 11.0 Å². The Bertz CT molecular complexity index is 273. The molecule has 0 radical (unpaired) electrons. The van der Waals surface area contributed by atoms with E-state index in [9.17, 15) is 4.39 Å². The molecule has 1 aromatic rings. The molecule has 1 aromatic heterocycles. The molecule has 0 unspecified atom stereocenters. The Kier molecular flexibility index (Phi) is 2.45. The highest BCUT2D eigenvalue weighted by Gasteiger charge is 2.07. The van der Waals surface area contributed by atoms with Crippen molar-refractivity contribution >= 4 is 11.6 Å². The van der Waals surface area contributed by atoms with Crippen molar-refractivity contribution < 1.29 is 4.39 Å². The lowest BCUT2D eigenvalue weighted by molar-refractivity contribution is 0.609. The number of pyridine rings is 1. The fraction of sp³-hybridized carbons (Fsp3) is 0.375. The van der Waals surface area contributed by atoms with Gasteiger partial charge in [0.2, 0.25) is 0 Å². The van der Waals surface area contributed by atoms with Gasteiger partial charge in [-0.1, -0.05) is 18.5 Å². The zero-order chi connectivity index (χ0) is 8.43. The van der Waals surface area contributed by atoms with Crippen LogP contribution < -0.4 is 0 Å². The van der Waals surface area contributed by atoms with Crippen molar-refractivity contribution in [3.63, 3.8) is 0 Å². The number of hydrogen-bond donors (Lipinski definition) is 0. The first-order chi connectivity index (χ1) is 5.16. The number of hydrogen-bond acceptors (Lipinski definition) is 1.